The van der Waals surface area contributed by atoms with Gasteiger partial charge in [0.2, 0.25) is 16.9 Å². The summed E-state index contributed by atoms with van der Waals surface area (Å²) < 4.78 is 0. The Bertz CT molecular complexity index is 806. The van der Waals surface area contributed by atoms with E-state index in [1.165, 1.54) is 24.3 Å². The van der Waals surface area contributed by atoms with E-state index in [0.717, 1.165) is 0 Å². The molecule has 1 saturated heterocycles. The molecule has 11 nitrogen and oxygen atoms in total. The van der Waals surface area contributed by atoms with Crippen LogP contribution in [-0.2, 0) is 14.4 Å². The first-order chi connectivity index (χ1) is 12.3. The Labute approximate surface area is 157 Å². The predicted molar refractivity (Wildman–Crippen MR) is 99.6 cm³/mol. The Kier molecular flexibility index (Phi) is 6.11. The summed E-state index contributed by atoms with van der Waals surface area (Å²) in [5.74, 6) is 0.861. The zero-order chi connectivity index (χ0) is 19.3. The lowest BCUT2D eigenvalue weighted by Crippen LogP contribution is -2.59. The van der Waals surface area contributed by atoms with Crippen LogP contribution in [0.5, 0.6) is 5.75 Å². The van der Waals surface area contributed by atoms with E-state index < -0.39 is 29.4 Å². The van der Waals surface area contributed by atoms with E-state index in [9.17, 15) is 19.5 Å². The Morgan fingerprint density at radius 2 is 1.92 bits per heavy atom. The van der Waals surface area contributed by atoms with Crippen LogP contribution in [0.4, 0.5) is 5.69 Å². The third-order valence-corrected chi connectivity index (χ3v) is 3.43. The van der Waals surface area contributed by atoms with Gasteiger partial charge in [-0.3, -0.25) is 25.2 Å². The van der Waals surface area contributed by atoms with Gasteiger partial charge >= 0.3 is 0 Å². The normalized spacial score (nSPS) is 15.0. The van der Waals surface area contributed by atoms with Crippen LogP contribution in [0, 0.1) is 5.92 Å². The zero-order valence-corrected chi connectivity index (χ0v) is 14.5. The van der Waals surface area contributed by atoms with Crippen LogP contribution in [0.2, 0.25) is 0 Å². The summed E-state index contributed by atoms with van der Waals surface area (Å²) in [6.45, 7) is 0. The number of hydrogen-bond acceptors (Lipinski definition) is 8. The molecule has 0 radical (unpaired) electrons. The molecule has 1 heterocycles. The highest BCUT2D eigenvalue weighted by atomic mass is 32.1. The quantitative estimate of drug-likeness (QED) is 0.102. The van der Waals surface area contributed by atoms with Crippen LogP contribution in [0.15, 0.2) is 29.4 Å². The largest absolute Gasteiger partial charge is 0.508 e. The van der Waals surface area contributed by atoms with Gasteiger partial charge in [-0.25, -0.2) is 5.84 Å². The molecule has 2 rings (SSSR count). The smallest absolute Gasteiger partial charge is 0.273 e. The third kappa shape index (κ3) is 4.69. The lowest BCUT2D eigenvalue weighted by molar-refractivity contribution is -0.132. The van der Waals surface area contributed by atoms with Gasteiger partial charge in [-0.05, 0) is 36.6 Å². The summed E-state index contributed by atoms with van der Waals surface area (Å²) in [5, 5.41) is 19.7. The van der Waals surface area contributed by atoms with Gasteiger partial charge in [0.25, 0.3) is 5.91 Å². The van der Waals surface area contributed by atoms with Crippen molar-refractivity contribution in [3.8, 4) is 5.75 Å². The molecule has 1 aliphatic rings. The minimum atomic E-state index is -1.59. The lowest BCUT2D eigenvalue weighted by atomic mass is 9.99. The number of hydrazine groups is 1. The summed E-state index contributed by atoms with van der Waals surface area (Å²) in [6.07, 6.45) is 0. The van der Waals surface area contributed by atoms with Gasteiger partial charge < -0.3 is 21.1 Å². The number of anilines is 1. The molecule has 26 heavy (non-hydrogen) atoms. The second-order valence-electron chi connectivity index (χ2n) is 4.83. The van der Waals surface area contributed by atoms with E-state index in [2.05, 4.69) is 31.9 Å². The number of nitrogens with one attached hydrogen (secondary N) is 5. The van der Waals surface area contributed by atoms with Gasteiger partial charge in [-0.2, -0.15) is 5.10 Å². The third-order valence-electron chi connectivity index (χ3n) is 3.02. The standard InChI is InChI=1S/C13H13N7O4S2/c14-18-13(26)20-19-8(7-9(22)16-12(25)17-10(7)23)11(24)15-5-2-1-3-6(21)4-5/h1-4,7,21H,14H2,(H,15,24)(H2,18,20,26)(H2,16,17,22,23,25)/b19-8+. The number of nitrogens with two attached hydrogens (primary N) is 1. The number of amides is 3. The number of nitrogens with zero attached hydrogens (tertiary/aromatic N) is 1. The molecular weight excluding hydrogens is 382 g/mol. The summed E-state index contributed by atoms with van der Waals surface area (Å²) in [5.41, 5.74) is 4.04. The van der Waals surface area contributed by atoms with Crippen molar-refractivity contribution in [2.75, 3.05) is 5.32 Å². The van der Waals surface area contributed by atoms with Crippen LogP contribution in [0.1, 0.15) is 0 Å². The molecular formula is C13H13N7O4S2. The highest BCUT2D eigenvalue weighted by Crippen LogP contribution is 2.16. The molecule has 0 aliphatic carbocycles. The Morgan fingerprint density at radius 3 is 2.50 bits per heavy atom. The molecule has 8 N–H and O–H groups in total. The van der Waals surface area contributed by atoms with Crippen molar-refractivity contribution in [2.24, 2.45) is 16.9 Å². The van der Waals surface area contributed by atoms with Crippen molar-refractivity contribution in [1.29, 1.82) is 0 Å². The fourth-order valence-corrected chi connectivity index (χ4v) is 2.18. The molecule has 0 atom stereocenters. The number of benzene rings is 1. The highest BCUT2D eigenvalue weighted by Gasteiger charge is 2.40. The minimum absolute atomic E-state index is 0.0913. The van der Waals surface area contributed by atoms with Gasteiger partial charge in [-0.15, -0.1) is 0 Å². The maximum Gasteiger partial charge on any atom is 0.273 e. The number of phenols is 1. The highest BCUT2D eigenvalue weighted by molar-refractivity contribution is 7.80. The molecule has 3 amide bonds. The lowest BCUT2D eigenvalue weighted by Gasteiger charge is -2.23. The van der Waals surface area contributed by atoms with Gasteiger partial charge in [0.15, 0.2) is 11.0 Å². The fourth-order valence-electron chi connectivity index (χ4n) is 1.94. The van der Waals surface area contributed by atoms with Gasteiger partial charge in [0, 0.05) is 11.8 Å². The molecule has 1 aromatic carbocycles. The van der Waals surface area contributed by atoms with Crippen LogP contribution >= 0.6 is 24.4 Å². The van der Waals surface area contributed by atoms with E-state index in [1.807, 2.05) is 0 Å². The first-order valence-corrected chi connectivity index (χ1v) is 7.73. The van der Waals surface area contributed by atoms with Crippen molar-refractivity contribution < 1.29 is 19.5 Å². The number of phenolic OH excluding ortho intramolecular Hbond substituents is 1. The number of aromatic hydroxyl groups is 1. The molecule has 136 valence electrons. The molecule has 1 fully saturated rings. The minimum Gasteiger partial charge on any atom is -0.508 e. The van der Waals surface area contributed by atoms with Crippen LogP contribution in [0.25, 0.3) is 0 Å². The summed E-state index contributed by atoms with van der Waals surface area (Å²) in [6, 6.07) is 5.66. The van der Waals surface area contributed by atoms with Gasteiger partial charge in [-0.1, -0.05) is 6.07 Å². The second kappa shape index (κ2) is 8.28. The van der Waals surface area contributed by atoms with E-state index in [-0.39, 0.29) is 21.7 Å². The predicted octanol–water partition coefficient (Wildman–Crippen LogP) is -1.83. The maximum absolute atomic E-state index is 12.5. The van der Waals surface area contributed by atoms with Crippen molar-refractivity contribution in [3.63, 3.8) is 0 Å². The van der Waals surface area contributed by atoms with E-state index in [0.29, 0.717) is 0 Å². The number of rotatable bonds is 4. The average molecular weight is 395 g/mol. The van der Waals surface area contributed by atoms with Crippen molar-refractivity contribution >= 4 is 63.8 Å². The SMILES string of the molecule is NNC(=S)N/N=C(/C(=O)Nc1cccc(O)c1)C1C(=O)NC(=S)NC1=O. The summed E-state index contributed by atoms with van der Waals surface area (Å²) in [7, 11) is 0. The molecule has 0 unspecified atom stereocenters. The molecule has 0 aromatic heterocycles. The number of carbonyl (C=O) groups is 3. The van der Waals surface area contributed by atoms with Crippen molar-refractivity contribution in [2.45, 2.75) is 0 Å². The molecule has 1 aromatic rings. The van der Waals surface area contributed by atoms with Crippen molar-refractivity contribution in [3.05, 3.63) is 24.3 Å². The van der Waals surface area contributed by atoms with Crippen LogP contribution < -0.4 is 32.6 Å². The maximum atomic E-state index is 12.5. The summed E-state index contributed by atoms with van der Waals surface area (Å²) in [4.78, 5) is 36.8. The number of carbonyl (C=O) groups excluding carboxylic acids is 3. The Morgan fingerprint density at radius 1 is 1.27 bits per heavy atom. The first kappa shape index (κ1) is 19.2. The Hall–Kier alpha value is -3.16. The summed E-state index contributed by atoms with van der Waals surface area (Å²) >= 11 is 9.46. The number of hydrazone groups is 1. The zero-order valence-electron chi connectivity index (χ0n) is 12.9. The molecule has 0 spiro atoms. The first-order valence-electron chi connectivity index (χ1n) is 6.92. The molecule has 0 saturated carbocycles. The average Bonchev–Trinajstić information content (AvgIpc) is 2.56. The van der Waals surface area contributed by atoms with Gasteiger partial charge in [0.05, 0.1) is 0 Å². The molecule has 13 heteroatoms. The van der Waals surface area contributed by atoms with E-state index >= 15 is 0 Å². The van der Waals surface area contributed by atoms with Crippen LogP contribution in [0.3, 0.4) is 0 Å². The van der Waals surface area contributed by atoms with E-state index in [1.54, 1.807) is 0 Å². The fraction of sp³-hybridized carbons (Fsp3) is 0.0769. The van der Waals surface area contributed by atoms with Crippen molar-refractivity contribution in [1.82, 2.24) is 21.5 Å². The number of hydrogen-bond donors (Lipinski definition) is 7. The second-order valence-corrected chi connectivity index (χ2v) is 5.64. The van der Waals surface area contributed by atoms with E-state index in [4.69, 9.17) is 30.3 Å². The van der Waals surface area contributed by atoms with Gasteiger partial charge in [0.1, 0.15) is 11.5 Å². The topological polar surface area (TPSA) is 170 Å². The number of thiocarbonyl (C=S) groups is 2. The Balaban J connectivity index is 2.32. The molecule has 0 bridgehead atoms. The van der Waals surface area contributed by atoms with Crippen LogP contribution in [-0.4, -0.2) is 38.8 Å². The molecule has 1 aliphatic heterocycles. The monoisotopic (exact) mass is 395 g/mol.